The fourth-order valence-electron chi connectivity index (χ4n) is 6.13. The van der Waals surface area contributed by atoms with Crippen molar-refractivity contribution in [3.63, 3.8) is 0 Å². The highest BCUT2D eigenvalue weighted by Crippen LogP contribution is 2.38. The van der Waals surface area contributed by atoms with Crippen LogP contribution in [0, 0.1) is 5.92 Å². The summed E-state index contributed by atoms with van der Waals surface area (Å²) in [6, 6.07) is 5.67. The van der Waals surface area contributed by atoms with Gasteiger partial charge in [-0.25, -0.2) is 14.7 Å². The summed E-state index contributed by atoms with van der Waals surface area (Å²) >= 11 is 0. The largest absolute Gasteiger partial charge is 0.481 e. The highest BCUT2D eigenvalue weighted by molar-refractivity contribution is 5.89. The fraction of sp³-hybridized carbons (Fsp3) is 0.379. The highest BCUT2D eigenvalue weighted by Gasteiger charge is 2.48. The van der Waals surface area contributed by atoms with E-state index in [4.69, 9.17) is 18.9 Å². The number of nitrogens with zero attached hydrogens (tertiary/aromatic N) is 5. The summed E-state index contributed by atoms with van der Waals surface area (Å²) < 4.78 is 22.4. The van der Waals surface area contributed by atoms with Gasteiger partial charge in [-0.2, -0.15) is 0 Å². The maximum absolute atomic E-state index is 13.7. The van der Waals surface area contributed by atoms with Crippen molar-refractivity contribution >= 4 is 28.7 Å². The average molecular weight is 544 g/mol. The number of anilines is 1. The van der Waals surface area contributed by atoms with Gasteiger partial charge in [0.15, 0.2) is 18.1 Å². The van der Waals surface area contributed by atoms with E-state index in [9.17, 15) is 9.59 Å². The normalized spacial score (nSPS) is 25.6. The van der Waals surface area contributed by atoms with E-state index < -0.39 is 12.2 Å². The first kappa shape index (κ1) is 24.5. The summed E-state index contributed by atoms with van der Waals surface area (Å²) in [6.07, 6.45) is 11.8. The summed E-state index contributed by atoms with van der Waals surface area (Å²) in [5.74, 6) is 1.43. The number of cyclic esters (lactones) is 1. The van der Waals surface area contributed by atoms with Crippen LogP contribution in [0.15, 0.2) is 72.4 Å². The molecule has 2 aromatic heterocycles. The van der Waals surface area contributed by atoms with Crippen molar-refractivity contribution in [3.8, 4) is 5.88 Å². The van der Waals surface area contributed by atoms with Gasteiger partial charge in [-0.15, -0.1) is 0 Å². The average Bonchev–Trinajstić information content (AvgIpc) is 3.71. The molecular formula is C29H29N5O6. The minimum Gasteiger partial charge on any atom is -0.481 e. The van der Waals surface area contributed by atoms with E-state index in [0.717, 1.165) is 48.1 Å². The second-order valence-corrected chi connectivity index (χ2v) is 10.4. The molecule has 3 saturated heterocycles. The molecule has 7 rings (SSSR count). The molecule has 0 unspecified atom stereocenters. The first-order valence-corrected chi connectivity index (χ1v) is 13.5. The molecule has 1 aliphatic carbocycles. The zero-order valence-corrected chi connectivity index (χ0v) is 22.1. The predicted molar refractivity (Wildman–Crippen MR) is 144 cm³/mol. The molecule has 6 heterocycles. The van der Waals surface area contributed by atoms with E-state index in [1.165, 1.54) is 17.4 Å². The third-order valence-electron chi connectivity index (χ3n) is 8.16. The van der Waals surface area contributed by atoms with Crippen LogP contribution in [-0.2, 0) is 19.0 Å². The number of hydrogen-bond donors (Lipinski definition) is 0. The predicted octanol–water partition coefficient (Wildman–Crippen LogP) is 3.46. The van der Waals surface area contributed by atoms with Crippen molar-refractivity contribution in [2.75, 3.05) is 38.2 Å². The molecule has 0 aromatic carbocycles. The van der Waals surface area contributed by atoms with Crippen molar-refractivity contribution < 1.29 is 28.5 Å². The van der Waals surface area contributed by atoms with Gasteiger partial charge in [0.05, 0.1) is 30.9 Å². The number of allylic oxidation sites excluding steroid dienone is 4. The quantitative estimate of drug-likeness (QED) is 0.560. The number of amides is 2. The maximum atomic E-state index is 13.7. The van der Waals surface area contributed by atoms with Gasteiger partial charge in [0.2, 0.25) is 11.8 Å². The smallest absolute Gasteiger partial charge is 0.417 e. The van der Waals surface area contributed by atoms with Crippen molar-refractivity contribution in [1.82, 2.24) is 19.8 Å². The Bertz CT molecular complexity index is 1500. The second kappa shape index (κ2) is 9.89. The van der Waals surface area contributed by atoms with E-state index in [-0.39, 0.29) is 24.4 Å². The minimum atomic E-state index is -0.913. The third kappa shape index (κ3) is 4.21. The van der Waals surface area contributed by atoms with E-state index in [1.807, 2.05) is 29.2 Å². The van der Waals surface area contributed by atoms with Gasteiger partial charge in [-0.1, -0.05) is 18.2 Å². The summed E-state index contributed by atoms with van der Waals surface area (Å²) in [6.45, 7) is 2.17. The lowest BCUT2D eigenvalue weighted by Gasteiger charge is -2.27. The van der Waals surface area contributed by atoms with Crippen LogP contribution >= 0.6 is 0 Å². The molecule has 11 heteroatoms. The molecule has 0 saturated carbocycles. The molecule has 0 bridgehead atoms. The third-order valence-corrected chi connectivity index (χ3v) is 8.16. The number of fused-ring (bicyclic) bond motifs is 2. The number of carbonyl (C=O) groups excluding carboxylic acids is 2. The number of carbonyl (C=O) groups is 2. The van der Waals surface area contributed by atoms with Gasteiger partial charge in [0.25, 0.3) is 5.91 Å². The lowest BCUT2D eigenvalue weighted by molar-refractivity contribution is -0.139. The Morgan fingerprint density at radius 2 is 2.08 bits per heavy atom. The molecule has 0 radical (unpaired) electrons. The van der Waals surface area contributed by atoms with Crippen molar-refractivity contribution in [2.24, 2.45) is 5.92 Å². The minimum absolute atomic E-state index is 0.0170. The van der Waals surface area contributed by atoms with Crippen LogP contribution in [0.1, 0.15) is 19.3 Å². The Balaban J connectivity index is 1.04. The summed E-state index contributed by atoms with van der Waals surface area (Å²) in [7, 11) is 1.59. The van der Waals surface area contributed by atoms with Gasteiger partial charge in [-0.05, 0) is 37.0 Å². The molecule has 2 aromatic rings. The lowest BCUT2D eigenvalue weighted by Crippen LogP contribution is -2.46. The number of methoxy groups -OCH3 is 1. The monoisotopic (exact) mass is 543 g/mol. The standard InChI is InChI=1S/C29H29N5O6/c1-37-25-8-7-20-27(31-25)21(9-11-30-20)32-13-19-10-12-33(22(19)14-32)28(35)23-15-34(29(36)40-23)26-17-38-16-24(39-26)18-5-3-2-4-6-18/h2-3,5,7-9,11,16-17,19,22-23H,4,6,10,12-15H2,1H3/t19-,22+,23+/m1/s1. The number of ether oxygens (including phenoxy) is 4. The van der Waals surface area contributed by atoms with E-state index in [1.54, 1.807) is 19.4 Å². The molecule has 0 spiro atoms. The van der Waals surface area contributed by atoms with Crippen LogP contribution in [0.4, 0.5) is 10.5 Å². The molecule has 3 fully saturated rings. The highest BCUT2D eigenvalue weighted by atomic mass is 16.6. The molecule has 11 nitrogen and oxygen atoms in total. The van der Waals surface area contributed by atoms with Crippen LogP contribution in [0.2, 0.25) is 0 Å². The Morgan fingerprint density at radius 1 is 1.15 bits per heavy atom. The van der Waals surface area contributed by atoms with Crippen LogP contribution in [-0.4, -0.2) is 77.2 Å². The van der Waals surface area contributed by atoms with Gasteiger partial charge in [-0.3, -0.25) is 9.78 Å². The van der Waals surface area contributed by atoms with Crippen LogP contribution in [0.5, 0.6) is 5.88 Å². The summed E-state index contributed by atoms with van der Waals surface area (Å²) in [5, 5.41) is 0. The van der Waals surface area contributed by atoms with Gasteiger partial charge < -0.3 is 28.7 Å². The van der Waals surface area contributed by atoms with Crippen LogP contribution in [0.3, 0.4) is 0 Å². The first-order chi connectivity index (χ1) is 19.6. The van der Waals surface area contributed by atoms with E-state index in [2.05, 4.69) is 20.9 Å². The molecule has 206 valence electrons. The zero-order valence-electron chi connectivity index (χ0n) is 22.1. The molecule has 2 amide bonds. The van der Waals surface area contributed by atoms with E-state index >= 15 is 0 Å². The van der Waals surface area contributed by atoms with Gasteiger partial charge in [0, 0.05) is 37.8 Å². The first-order valence-electron chi connectivity index (χ1n) is 13.5. The Labute approximate surface area is 230 Å². The summed E-state index contributed by atoms with van der Waals surface area (Å²) in [4.78, 5) is 41.0. The zero-order chi connectivity index (χ0) is 27.2. The number of pyridine rings is 2. The van der Waals surface area contributed by atoms with Crippen LogP contribution < -0.4 is 9.64 Å². The van der Waals surface area contributed by atoms with E-state index in [0.29, 0.717) is 30.6 Å². The van der Waals surface area contributed by atoms with Gasteiger partial charge >= 0.3 is 6.09 Å². The molecule has 3 atom stereocenters. The topological polar surface area (TPSA) is 107 Å². The lowest BCUT2D eigenvalue weighted by atomic mass is 10.0. The summed E-state index contributed by atoms with van der Waals surface area (Å²) in [5.41, 5.74) is 3.52. The molecule has 4 aliphatic heterocycles. The maximum Gasteiger partial charge on any atom is 0.417 e. The van der Waals surface area contributed by atoms with Crippen molar-refractivity contribution in [2.45, 2.75) is 31.4 Å². The second-order valence-electron chi connectivity index (χ2n) is 10.4. The number of rotatable bonds is 5. The van der Waals surface area contributed by atoms with Crippen molar-refractivity contribution in [1.29, 1.82) is 0 Å². The number of likely N-dealkylation sites (tertiary alicyclic amines) is 1. The number of hydrogen-bond acceptors (Lipinski definition) is 9. The van der Waals surface area contributed by atoms with Gasteiger partial charge in [0.1, 0.15) is 11.8 Å². The Hall–Kier alpha value is -4.54. The van der Waals surface area contributed by atoms with Crippen molar-refractivity contribution in [3.05, 3.63) is 72.4 Å². The Kier molecular flexibility index (Phi) is 6.06. The Morgan fingerprint density at radius 3 is 2.92 bits per heavy atom. The fourth-order valence-corrected chi connectivity index (χ4v) is 6.13. The molecule has 40 heavy (non-hydrogen) atoms. The molecular weight excluding hydrogens is 514 g/mol. The molecule has 5 aliphatic rings. The number of aromatic nitrogens is 2. The molecule has 0 N–H and O–H groups in total. The SMILES string of the molecule is COc1ccc2nccc(N3C[C@H]4CCN(C(=O)[C@@H]5CN(C6=COC=C(C7=CC=CCC7)O6)C(=O)O5)[C@H]4C3)c2n1. The van der Waals surface area contributed by atoms with Crippen LogP contribution in [0.25, 0.3) is 11.0 Å².